The van der Waals surface area contributed by atoms with E-state index in [1.165, 1.54) is 17.8 Å². The molecule has 134 valence electrons. The van der Waals surface area contributed by atoms with Crippen molar-refractivity contribution in [3.05, 3.63) is 57.7 Å². The monoisotopic (exact) mass is 406 g/mol. The molecular weight excluding hydrogens is 392 g/mol. The fourth-order valence-electron chi connectivity index (χ4n) is 2.87. The number of nitrogens with one attached hydrogen (secondary N) is 1. The summed E-state index contributed by atoms with van der Waals surface area (Å²) in [7, 11) is 0. The molecule has 2 aromatic rings. The Hall–Kier alpha value is -0.950. The number of halogens is 5. The van der Waals surface area contributed by atoms with Gasteiger partial charge in [0.25, 0.3) is 0 Å². The first-order valence-corrected chi connectivity index (χ1v) is 9.40. The molecule has 1 aliphatic rings. The number of alkyl halides is 3. The maximum absolute atomic E-state index is 12.6. The van der Waals surface area contributed by atoms with Gasteiger partial charge in [0.05, 0.1) is 20.6 Å². The van der Waals surface area contributed by atoms with Crippen molar-refractivity contribution in [3.8, 4) is 0 Å². The number of benzene rings is 1. The second-order valence-electron chi connectivity index (χ2n) is 5.89. The van der Waals surface area contributed by atoms with E-state index in [0.29, 0.717) is 21.0 Å². The molecule has 25 heavy (non-hydrogen) atoms. The first-order valence-electron chi connectivity index (χ1n) is 7.66. The van der Waals surface area contributed by atoms with E-state index in [2.05, 4.69) is 10.3 Å². The molecule has 1 aromatic carbocycles. The Morgan fingerprint density at radius 1 is 1.12 bits per heavy atom. The van der Waals surface area contributed by atoms with Crippen LogP contribution in [0.3, 0.4) is 0 Å². The lowest BCUT2D eigenvalue weighted by atomic mass is 9.90. The summed E-state index contributed by atoms with van der Waals surface area (Å²) in [6.07, 6.45) is -3.48. The largest absolute Gasteiger partial charge is 0.417 e. The highest BCUT2D eigenvalue weighted by Crippen LogP contribution is 2.35. The van der Waals surface area contributed by atoms with Crippen molar-refractivity contribution in [1.82, 2.24) is 10.3 Å². The van der Waals surface area contributed by atoms with Gasteiger partial charge in [0.2, 0.25) is 0 Å². The van der Waals surface area contributed by atoms with E-state index in [1.54, 1.807) is 6.07 Å². The van der Waals surface area contributed by atoms with Crippen LogP contribution in [0, 0.1) is 5.92 Å². The third kappa shape index (κ3) is 4.61. The lowest BCUT2D eigenvalue weighted by Gasteiger charge is -2.19. The van der Waals surface area contributed by atoms with Gasteiger partial charge >= 0.3 is 6.18 Å². The quantitative estimate of drug-likeness (QED) is 0.678. The number of aromatic nitrogens is 1. The van der Waals surface area contributed by atoms with E-state index in [-0.39, 0.29) is 5.92 Å². The second kappa shape index (κ2) is 7.74. The van der Waals surface area contributed by atoms with Crippen LogP contribution in [-0.4, -0.2) is 23.8 Å². The van der Waals surface area contributed by atoms with Gasteiger partial charge in [-0.2, -0.15) is 13.2 Å². The van der Waals surface area contributed by atoms with Crippen LogP contribution in [0.25, 0.3) is 0 Å². The molecule has 3 rings (SSSR count). The molecule has 1 aliphatic heterocycles. The highest BCUT2D eigenvalue weighted by atomic mass is 35.5. The fourth-order valence-corrected chi connectivity index (χ4v) is 4.20. The molecule has 0 saturated carbocycles. The number of nitrogens with zero attached hydrogens (tertiary/aromatic N) is 1. The van der Waals surface area contributed by atoms with E-state index < -0.39 is 11.7 Å². The lowest BCUT2D eigenvalue weighted by molar-refractivity contribution is -0.137. The number of pyridine rings is 1. The van der Waals surface area contributed by atoms with Gasteiger partial charge in [-0.3, -0.25) is 0 Å². The molecule has 1 saturated heterocycles. The van der Waals surface area contributed by atoms with Crippen molar-refractivity contribution in [2.24, 2.45) is 5.92 Å². The number of hydrogen-bond acceptors (Lipinski definition) is 3. The van der Waals surface area contributed by atoms with Crippen molar-refractivity contribution in [3.63, 3.8) is 0 Å². The topological polar surface area (TPSA) is 24.9 Å². The third-order valence-corrected chi connectivity index (χ3v) is 6.09. The zero-order valence-corrected chi connectivity index (χ0v) is 15.3. The van der Waals surface area contributed by atoms with E-state index in [0.717, 1.165) is 36.7 Å². The van der Waals surface area contributed by atoms with E-state index in [4.69, 9.17) is 23.2 Å². The molecule has 0 radical (unpaired) electrons. The highest BCUT2D eigenvalue weighted by Gasteiger charge is 2.31. The molecule has 0 amide bonds. The van der Waals surface area contributed by atoms with Crippen LogP contribution in [0.1, 0.15) is 17.0 Å². The molecule has 8 heteroatoms. The molecule has 1 fully saturated rings. The SMILES string of the molecule is FC(F)(F)c1ccc(SCC2CNCC2c2ccc(Cl)c(Cl)c2)nc1. The molecule has 1 N–H and O–H groups in total. The van der Waals surface area contributed by atoms with Gasteiger partial charge in [-0.25, -0.2) is 4.98 Å². The number of thioether (sulfide) groups is 1. The summed E-state index contributed by atoms with van der Waals surface area (Å²) in [4.78, 5) is 3.91. The average molecular weight is 407 g/mol. The minimum Gasteiger partial charge on any atom is -0.316 e. The maximum atomic E-state index is 12.6. The van der Waals surface area contributed by atoms with Gasteiger partial charge in [0.1, 0.15) is 0 Å². The van der Waals surface area contributed by atoms with Gasteiger partial charge in [0, 0.05) is 24.4 Å². The predicted molar refractivity (Wildman–Crippen MR) is 95.5 cm³/mol. The Labute approximate surface area is 158 Å². The predicted octanol–water partition coefficient (Wildman–Crippen LogP) is 5.50. The zero-order valence-electron chi connectivity index (χ0n) is 13.0. The Bertz CT molecular complexity index is 738. The molecule has 2 unspecified atom stereocenters. The highest BCUT2D eigenvalue weighted by molar-refractivity contribution is 7.99. The molecule has 0 aliphatic carbocycles. The summed E-state index contributed by atoms with van der Waals surface area (Å²) in [5.74, 6) is 1.39. The van der Waals surface area contributed by atoms with Crippen LogP contribution < -0.4 is 5.32 Å². The van der Waals surface area contributed by atoms with Crippen LogP contribution in [0.5, 0.6) is 0 Å². The average Bonchev–Trinajstić information content (AvgIpc) is 3.03. The Morgan fingerprint density at radius 3 is 2.56 bits per heavy atom. The van der Waals surface area contributed by atoms with E-state index in [9.17, 15) is 13.2 Å². The summed E-state index contributed by atoms with van der Waals surface area (Å²) in [5.41, 5.74) is 0.387. The summed E-state index contributed by atoms with van der Waals surface area (Å²) in [6.45, 7) is 1.68. The van der Waals surface area contributed by atoms with Crippen LogP contribution in [0.15, 0.2) is 41.6 Å². The summed E-state index contributed by atoms with van der Waals surface area (Å²) < 4.78 is 37.7. The fraction of sp³-hybridized carbons (Fsp3) is 0.353. The molecule has 2 heterocycles. The van der Waals surface area contributed by atoms with Crippen LogP contribution in [0.2, 0.25) is 10.0 Å². The Kier molecular flexibility index (Phi) is 5.83. The zero-order chi connectivity index (χ0) is 18.0. The van der Waals surface area contributed by atoms with Crippen molar-refractivity contribution in [2.45, 2.75) is 17.1 Å². The first kappa shape index (κ1) is 18.8. The third-order valence-electron chi connectivity index (χ3n) is 4.22. The molecule has 2 atom stereocenters. The van der Waals surface area contributed by atoms with Gasteiger partial charge in [-0.15, -0.1) is 11.8 Å². The van der Waals surface area contributed by atoms with Gasteiger partial charge in [-0.1, -0.05) is 29.3 Å². The molecular formula is C17H15Cl2F3N2S. The van der Waals surface area contributed by atoms with Crippen molar-refractivity contribution < 1.29 is 13.2 Å². The van der Waals surface area contributed by atoms with Crippen LogP contribution in [-0.2, 0) is 6.18 Å². The molecule has 2 nitrogen and oxygen atoms in total. The molecule has 1 aromatic heterocycles. The Balaban J connectivity index is 1.65. The minimum atomic E-state index is -4.36. The van der Waals surface area contributed by atoms with Crippen molar-refractivity contribution in [1.29, 1.82) is 0 Å². The van der Waals surface area contributed by atoms with Crippen molar-refractivity contribution >= 4 is 35.0 Å². The van der Waals surface area contributed by atoms with Gasteiger partial charge in [0.15, 0.2) is 0 Å². The summed E-state index contributed by atoms with van der Waals surface area (Å²) in [5, 5.41) is 5.01. The first-order chi connectivity index (χ1) is 11.8. The van der Waals surface area contributed by atoms with Crippen LogP contribution >= 0.6 is 35.0 Å². The lowest BCUT2D eigenvalue weighted by Crippen LogP contribution is -2.14. The van der Waals surface area contributed by atoms with E-state index in [1.807, 2.05) is 12.1 Å². The second-order valence-corrected chi connectivity index (χ2v) is 7.75. The number of hydrogen-bond donors (Lipinski definition) is 1. The number of rotatable bonds is 4. The Morgan fingerprint density at radius 2 is 1.92 bits per heavy atom. The smallest absolute Gasteiger partial charge is 0.316 e. The standard InChI is InChI=1S/C17H15Cl2F3N2S/c18-14-3-1-10(5-15(14)19)13-8-23-6-11(13)9-25-16-4-2-12(7-24-16)17(20,21)22/h1-5,7,11,13,23H,6,8-9H2. The summed E-state index contributed by atoms with van der Waals surface area (Å²) in [6, 6.07) is 8.14. The minimum absolute atomic E-state index is 0.289. The normalized spacial score (nSPS) is 20.8. The maximum Gasteiger partial charge on any atom is 0.417 e. The molecule has 0 bridgehead atoms. The molecule has 0 spiro atoms. The van der Waals surface area contributed by atoms with Crippen molar-refractivity contribution in [2.75, 3.05) is 18.8 Å². The van der Waals surface area contributed by atoms with E-state index >= 15 is 0 Å². The van der Waals surface area contributed by atoms with Crippen LogP contribution in [0.4, 0.5) is 13.2 Å². The summed E-state index contributed by atoms with van der Waals surface area (Å²) >= 11 is 13.5. The van der Waals surface area contributed by atoms with Gasteiger partial charge in [-0.05, 0) is 42.3 Å². The van der Waals surface area contributed by atoms with Gasteiger partial charge < -0.3 is 5.32 Å².